The molecule has 0 aliphatic rings. The van der Waals surface area contributed by atoms with Crippen LogP contribution in [-0.2, 0) is 5.41 Å². The van der Waals surface area contributed by atoms with Crippen LogP contribution in [0.3, 0.4) is 0 Å². The topological polar surface area (TPSA) is 36.4 Å². The molecule has 0 fully saturated rings. The van der Waals surface area contributed by atoms with Gasteiger partial charge in [-0.1, -0.05) is 82.0 Å². The molecule has 0 unspecified atom stereocenters. The summed E-state index contributed by atoms with van der Waals surface area (Å²) in [5.74, 6) is 2.85. The van der Waals surface area contributed by atoms with Crippen molar-refractivity contribution >= 4 is 17.1 Å². The van der Waals surface area contributed by atoms with Gasteiger partial charge < -0.3 is 10.6 Å². The molecule has 0 bridgehead atoms. The predicted octanol–water partition coefficient (Wildman–Crippen LogP) is 10.2. The van der Waals surface area contributed by atoms with Gasteiger partial charge in [0.2, 0.25) is 0 Å². The van der Waals surface area contributed by atoms with Gasteiger partial charge in [-0.05, 0) is 101 Å². The number of allylic oxidation sites excluding steroid dienone is 7. The predicted molar refractivity (Wildman–Crippen MR) is 186 cm³/mol. The Morgan fingerprint density at radius 2 is 1.61 bits per heavy atom. The smallest absolute Gasteiger partial charge is 0.0643 e. The van der Waals surface area contributed by atoms with Crippen LogP contribution in [0.1, 0.15) is 77.6 Å². The Morgan fingerprint density at radius 3 is 2.15 bits per heavy atom. The normalized spacial score (nSPS) is 11.5. The molecule has 0 saturated carbocycles. The van der Waals surface area contributed by atoms with Crippen LogP contribution in [0.4, 0.5) is 5.69 Å². The summed E-state index contributed by atoms with van der Waals surface area (Å²) in [6.07, 6.45) is 15.7. The van der Waals surface area contributed by atoms with E-state index in [0.717, 1.165) is 45.2 Å². The maximum atomic E-state index is 5.68. The molecule has 0 aliphatic carbocycles. The van der Waals surface area contributed by atoms with Crippen LogP contribution in [0.15, 0.2) is 115 Å². The minimum Gasteiger partial charge on any atom is -0.360 e. The number of benzene rings is 2. The number of anilines is 1. The van der Waals surface area contributed by atoms with Crippen LogP contribution >= 0.6 is 0 Å². The number of hydrogen-bond donors (Lipinski definition) is 2. The van der Waals surface area contributed by atoms with Gasteiger partial charge in [-0.15, -0.1) is 6.42 Å². The Hall–Kier alpha value is -4.29. The van der Waals surface area contributed by atoms with E-state index in [-0.39, 0.29) is 5.41 Å². The molecule has 2 aromatic rings. The molecule has 218 valence electrons. The number of aryl methyl sites for hydroxylation is 1. The Bertz CT molecular complexity index is 1340. The Balaban J connectivity index is 0.000000962. The zero-order chi connectivity index (χ0) is 31.6. The van der Waals surface area contributed by atoms with Gasteiger partial charge in [-0.2, -0.15) is 0 Å². The molecule has 0 aliphatic heterocycles. The van der Waals surface area contributed by atoms with Crippen molar-refractivity contribution in [3.63, 3.8) is 0 Å². The van der Waals surface area contributed by atoms with Gasteiger partial charge in [0.1, 0.15) is 0 Å². The van der Waals surface area contributed by atoms with Gasteiger partial charge in [0.05, 0.1) is 11.1 Å². The second kappa shape index (κ2) is 18.9. The molecule has 0 amide bonds. The minimum absolute atomic E-state index is 0.313. The van der Waals surface area contributed by atoms with Crippen molar-refractivity contribution in [1.29, 1.82) is 0 Å². The molecule has 0 spiro atoms. The quantitative estimate of drug-likeness (QED) is 0.176. The molecule has 0 radical (unpaired) electrons. The van der Waals surface area contributed by atoms with Gasteiger partial charge in [-0.3, -0.25) is 4.99 Å². The third-order valence-electron chi connectivity index (χ3n) is 5.87. The van der Waals surface area contributed by atoms with E-state index in [2.05, 4.69) is 78.5 Å². The fraction of sp³-hybridized carbons (Fsp3) is 0.289. The SMILES string of the molecule is C#CC(C)(C)c1cccc(C(=C)Nc2ccc(C)c(C(/C=C\C)=NC)c2)c1.C=C(C)NC(=C)/C=C(C)\C=C/C.CC. The van der Waals surface area contributed by atoms with Gasteiger partial charge in [0.15, 0.2) is 0 Å². The molecule has 0 heterocycles. The standard InChI is InChI=1S/C25H28N2.C11H17N.C2H6/c1-8-11-24(26-7)23-17-22(15-14-18(23)3)27-19(4)20-12-10-13-21(16-20)25(5,6)9-2;1-6-7-10(4)8-11(5)12-9(2)3;1-2/h2,8,10-17,27H,4H2,1,3,5-7H3;6-8,12H,2,5H2,1,3-4H3;1-2H3/b11-8-,26-24?;7-6-,10-8-;. The lowest BCUT2D eigenvalue weighted by Crippen LogP contribution is -2.14. The minimum atomic E-state index is -0.313. The maximum Gasteiger partial charge on any atom is 0.0643 e. The van der Waals surface area contributed by atoms with Crippen molar-refractivity contribution in [1.82, 2.24) is 5.32 Å². The summed E-state index contributed by atoms with van der Waals surface area (Å²) in [5, 5.41) is 6.45. The number of hydrogen-bond acceptors (Lipinski definition) is 3. The average Bonchev–Trinajstić information content (AvgIpc) is 2.94. The lowest BCUT2D eigenvalue weighted by molar-refractivity contribution is 0.699. The van der Waals surface area contributed by atoms with E-state index < -0.39 is 0 Å². The summed E-state index contributed by atoms with van der Waals surface area (Å²) in [6.45, 7) is 29.9. The lowest BCUT2D eigenvalue weighted by atomic mass is 9.85. The second-order valence-electron chi connectivity index (χ2n) is 9.91. The fourth-order valence-corrected chi connectivity index (χ4v) is 3.74. The fourth-order valence-electron chi connectivity index (χ4n) is 3.74. The highest BCUT2D eigenvalue weighted by Crippen LogP contribution is 2.26. The molecule has 0 saturated heterocycles. The van der Waals surface area contributed by atoms with Crippen LogP contribution in [0.5, 0.6) is 0 Å². The van der Waals surface area contributed by atoms with Crippen molar-refractivity contribution in [2.24, 2.45) is 4.99 Å². The molecule has 2 N–H and O–H groups in total. The van der Waals surface area contributed by atoms with E-state index in [0.29, 0.717) is 0 Å². The summed E-state index contributed by atoms with van der Waals surface area (Å²) in [5.41, 5.74) is 9.83. The van der Waals surface area contributed by atoms with E-state index in [1.807, 2.05) is 105 Å². The first kappa shape index (κ1) is 36.7. The van der Waals surface area contributed by atoms with Crippen LogP contribution in [0.25, 0.3) is 5.70 Å². The molecular formula is C38H51N3. The van der Waals surface area contributed by atoms with Crippen molar-refractivity contribution in [2.75, 3.05) is 12.4 Å². The van der Waals surface area contributed by atoms with Gasteiger partial charge in [-0.25, -0.2) is 0 Å². The van der Waals surface area contributed by atoms with E-state index in [1.54, 1.807) is 0 Å². The van der Waals surface area contributed by atoms with Crippen LogP contribution < -0.4 is 10.6 Å². The highest BCUT2D eigenvalue weighted by Gasteiger charge is 2.17. The number of rotatable bonds is 10. The molecular weight excluding hydrogens is 498 g/mol. The van der Waals surface area contributed by atoms with Gasteiger partial charge in [0.25, 0.3) is 0 Å². The highest BCUT2D eigenvalue weighted by molar-refractivity contribution is 6.10. The van der Waals surface area contributed by atoms with Crippen LogP contribution in [0.2, 0.25) is 0 Å². The largest absolute Gasteiger partial charge is 0.360 e. The molecule has 41 heavy (non-hydrogen) atoms. The number of nitrogens with one attached hydrogen (secondary N) is 2. The zero-order valence-electron chi connectivity index (χ0n) is 27.1. The highest BCUT2D eigenvalue weighted by atomic mass is 14.9. The Labute approximate surface area is 251 Å². The maximum absolute atomic E-state index is 5.68. The monoisotopic (exact) mass is 549 g/mol. The number of nitrogens with zero attached hydrogens (tertiary/aromatic N) is 1. The average molecular weight is 550 g/mol. The van der Waals surface area contributed by atoms with E-state index in [1.165, 1.54) is 11.1 Å². The zero-order valence-corrected chi connectivity index (χ0v) is 27.1. The van der Waals surface area contributed by atoms with Crippen LogP contribution in [0, 0.1) is 19.3 Å². The van der Waals surface area contributed by atoms with Crippen molar-refractivity contribution in [3.8, 4) is 12.3 Å². The first-order valence-corrected chi connectivity index (χ1v) is 14.1. The summed E-state index contributed by atoms with van der Waals surface area (Å²) >= 11 is 0. The first-order chi connectivity index (χ1) is 19.4. The van der Waals surface area contributed by atoms with Crippen molar-refractivity contribution in [2.45, 2.75) is 67.7 Å². The summed E-state index contributed by atoms with van der Waals surface area (Å²) in [6, 6.07) is 14.5. The molecule has 3 heteroatoms. The molecule has 0 atom stereocenters. The Morgan fingerprint density at radius 1 is 0.976 bits per heavy atom. The lowest BCUT2D eigenvalue weighted by Gasteiger charge is -2.20. The first-order valence-electron chi connectivity index (χ1n) is 14.1. The van der Waals surface area contributed by atoms with Gasteiger partial charge in [0, 0.05) is 35.4 Å². The second-order valence-corrected chi connectivity index (χ2v) is 9.91. The van der Waals surface area contributed by atoms with Crippen molar-refractivity contribution in [3.05, 3.63) is 132 Å². The number of aliphatic imine (C=N–C) groups is 1. The summed E-state index contributed by atoms with van der Waals surface area (Å²) < 4.78 is 0. The summed E-state index contributed by atoms with van der Waals surface area (Å²) in [7, 11) is 1.81. The third kappa shape index (κ3) is 13.1. The van der Waals surface area contributed by atoms with Crippen LogP contribution in [-0.4, -0.2) is 12.8 Å². The van der Waals surface area contributed by atoms with E-state index in [4.69, 9.17) is 6.42 Å². The Kier molecular flexibility index (Phi) is 16.9. The van der Waals surface area contributed by atoms with E-state index in [9.17, 15) is 0 Å². The third-order valence-corrected chi connectivity index (χ3v) is 5.87. The molecule has 0 aromatic heterocycles. The van der Waals surface area contributed by atoms with Gasteiger partial charge >= 0.3 is 0 Å². The molecule has 2 rings (SSSR count). The van der Waals surface area contributed by atoms with E-state index >= 15 is 0 Å². The molecule has 2 aromatic carbocycles. The summed E-state index contributed by atoms with van der Waals surface area (Å²) in [4.78, 5) is 4.40. The van der Waals surface area contributed by atoms with Crippen molar-refractivity contribution < 1.29 is 0 Å². The number of terminal acetylenes is 1. The molecule has 3 nitrogen and oxygen atoms in total.